The van der Waals surface area contributed by atoms with Gasteiger partial charge in [-0.25, -0.2) is 0 Å². The maximum Gasteiger partial charge on any atom is 0.225 e. The Labute approximate surface area is 115 Å². The summed E-state index contributed by atoms with van der Waals surface area (Å²) in [6.07, 6.45) is 0.901. The zero-order chi connectivity index (χ0) is 13.8. The molecule has 19 heavy (non-hydrogen) atoms. The minimum absolute atomic E-state index is 0.118. The molecule has 2 N–H and O–H groups in total. The lowest BCUT2D eigenvalue weighted by atomic mass is 9.89. The summed E-state index contributed by atoms with van der Waals surface area (Å²) in [5, 5.41) is 0. The van der Waals surface area contributed by atoms with Gasteiger partial charge < -0.3 is 10.6 Å². The molecule has 1 fully saturated rings. The molecule has 0 radical (unpaired) electrons. The maximum atomic E-state index is 12.3. The molecule has 1 aliphatic rings. The zero-order valence-corrected chi connectivity index (χ0v) is 11.9. The third-order valence-electron chi connectivity index (χ3n) is 4.32. The molecular formula is C16H24N2O. The number of hydrogen-bond donors (Lipinski definition) is 1. The Morgan fingerprint density at radius 2 is 2.05 bits per heavy atom. The summed E-state index contributed by atoms with van der Waals surface area (Å²) in [6.45, 7) is 6.33. The number of likely N-dealkylation sites (tertiary alicyclic amines) is 1. The molecular weight excluding hydrogens is 236 g/mol. The predicted molar refractivity (Wildman–Crippen MR) is 77.8 cm³/mol. The highest BCUT2D eigenvalue weighted by Crippen LogP contribution is 2.32. The van der Waals surface area contributed by atoms with Crippen molar-refractivity contribution in [3.05, 3.63) is 35.9 Å². The highest BCUT2D eigenvalue weighted by atomic mass is 16.2. The van der Waals surface area contributed by atoms with E-state index in [1.54, 1.807) is 0 Å². The fourth-order valence-electron chi connectivity index (χ4n) is 2.85. The number of hydrogen-bond acceptors (Lipinski definition) is 2. The van der Waals surface area contributed by atoms with E-state index in [9.17, 15) is 4.79 Å². The molecule has 0 spiro atoms. The Hall–Kier alpha value is -1.35. The normalized spacial score (nSPS) is 24.5. The molecule has 1 saturated heterocycles. The first-order chi connectivity index (χ1) is 9.17. The Kier molecular flexibility index (Phi) is 4.59. The van der Waals surface area contributed by atoms with Gasteiger partial charge in [0.2, 0.25) is 5.91 Å². The third-order valence-corrected chi connectivity index (χ3v) is 4.32. The summed E-state index contributed by atoms with van der Waals surface area (Å²) in [5.41, 5.74) is 7.20. The Morgan fingerprint density at radius 3 is 2.63 bits per heavy atom. The van der Waals surface area contributed by atoms with Crippen LogP contribution in [-0.2, 0) is 4.79 Å². The summed E-state index contributed by atoms with van der Waals surface area (Å²) < 4.78 is 0. The van der Waals surface area contributed by atoms with E-state index >= 15 is 0 Å². The largest absolute Gasteiger partial charge is 0.341 e. The Bertz CT molecular complexity index is 418. The highest BCUT2D eigenvalue weighted by Gasteiger charge is 2.36. The van der Waals surface area contributed by atoms with Gasteiger partial charge >= 0.3 is 0 Å². The van der Waals surface area contributed by atoms with Crippen LogP contribution in [0.5, 0.6) is 0 Å². The Balaban J connectivity index is 2.12. The molecule has 1 aromatic rings. The molecule has 3 heteroatoms. The van der Waals surface area contributed by atoms with Gasteiger partial charge in [0.25, 0.3) is 0 Å². The van der Waals surface area contributed by atoms with Crippen molar-refractivity contribution in [2.45, 2.75) is 26.2 Å². The number of rotatable bonds is 4. The Morgan fingerprint density at radius 1 is 1.37 bits per heavy atom. The third kappa shape index (κ3) is 2.98. The van der Waals surface area contributed by atoms with E-state index in [-0.39, 0.29) is 11.8 Å². The summed E-state index contributed by atoms with van der Waals surface area (Å²) >= 11 is 0. The van der Waals surface area contributed by atoms with Crippen LogP contribution in [0.2, 0.25) is 0 Å². The van der Waals surface area contributed by atoms with Crippen molar-refractivity contribution in [1.82, 2.24) is 4.90 Å². The number of benzene rings is 1. The van der Waals surface area contributed by atoms with Gasteiger partial charge in [-0.2, -0.15) is 0 Å². The maximum absolute atomic E-state index is 12.3. The number of carbonyl (C=O) groups is 1. The van der Waals surface area contributed by atoms with E-state index in [1.807, 2.05) is 17.9 Å². The first kappa shape index (κ1) is 14.1. The predicted octanol–water partition coefficient (Wildman–Crippen LogP) is 2.23. The molecule has 104 valence electrons. The van der Waals surface area contributed by atoms with Gasteiger partial charge in [0.05, 0.1) is 0 Å². The van der Waals surface area contributed by atoms with Gasteiger partial charge in [-0.3, -0.25) is 4.79 Å². The summed E-state index contributed by atoms with van der Waals surface area (Å²) in [5.74, 6) is 1.17. The van der Waals surface area contributed by atoms with Gasteiger partial charge in [-0.15, -0.1) is 0 Å². The van der Waals surface area contributed by atoms with Crippen LogP contribution >= 0.6 is 0 Å². The summed E-state index contributed by atoms with van der Waals surface area (Å²) in [6, 6.07) is 10.4. The lowest BCUT2D eigenvalue weighted by Crippen LogP contribution is -2.33. The molecule has 2 rings (SSSR count). The van der Waals surface area contributed by atoms with Crippen molar-refractivity contribution in [1.29, 1.82) is 0 Å². The van der Waals surface area contributed by atoms with Crippen molar-refractivity contribution >= 4 is 5.91 Å². The molecule has 1 aliphatic heterocycles. The summed E-state index contributed by atoms with van der Waals surface area (Å²) in [7, 11) is 0. The SMILES string of the molecule is CCC(C)C(=O)N1C[C@@H](CN)[C@H](c2ccccc2)C1. The van der Waals surface area contributed by atoms with Gasteiger partial charge in [-0.05, 0) is 24.4 Å². The minimum Gasteiger partial charge on any atom is -0.341 e. The molecule has 1 heterocycles. The van der Waals surface area contributed by atoms with Crippen LogP contribution in [-0.4, -0.2) is 30.4 Å². The second-order valence-electron chi connectivity index (χ2n) is 5.57. The quantitative estimate of drug-likeness (QED) is 0.902. The van der Waals surface area contributed by atoms with Crippen molar-refractivity contribution in [2.24, 2.45) is 17.6 Å². The molecule has 1 unspecified atom stereocenters. The smallest absolute Gasteiger partial charge is 0.225 e. The topological polar surface area (TPSA) is 46.3 Å². The van der Waals surface area contributed by atoms with Crippen molar-refractivity contribution < 1.29 is 4.79 Å². The molecule has 3 nitrogen and oxygen atoms in total. The fourth-order valence-corrected chi connectivity index (χ4v) is 2.85. The van der Waals surface area contributed by atoms with Crippen LogP contribution in [0.15, 0.2) is 30.3 Å². The lowest BCUT2D eigenvalue weighted by molar-refractivity contribution is -0.134. The average Bonchev–Trinajstić information content (AvgIpc) is 2.90. The number of nitrogens with zero attached hydrogens (tertiary/aromatic N) is 1. The van der Waals surface area contributed by atoms with Crippen LogP contribution in [0.25, 0.3) is 0 Å². The van der Waals surface area contributed by atoms with Crippen LogP contribution in [0, 0.1) is 11.8 Å². The number of nitrogens with two attached hydrogens (primary N) is 1. The first-order valence-electron chi connectivity index (χ1n) is 7.21. The van der Waals surface area contributed by atoms with Crippen LogP contribution < -0.4 is 5.73 Å². The van der Waals surface area contributed by atoms with Gasteiger partial charge in [0.1, 0.15) is 0 Å². The van der Waals surface area contributed by atoms with Crippen LogP contribution in [0.1, 0.15) is 31.7 Å². The lowest BCUT2D eigenvalue weighted by Gasteiger charge is -2.20. The van der Waals surface area contributed by atoms with Crippen LogP contribution in [0.3, 0.4) is 0 Å². The molecule has 0 aliphatic carbocycles. The molecule has 1 amide bonds. The van der Waals surface area contributed by atoms with Crippen molar-refractivity contribution in [2.75, 3.05) is 19.6 Å². The van der Waals surface area contributed by atoms with E-state index in [2.05, 4.69) is 31.2 Å². The number of carbonyl (C=O) groups excluding carboxylic acids is 1. The second-order valence-corrected chi connectivity index (χ2v) is 5.57. The highest BCUT2D eigenvalue weighted by molar-refractivity contribution is 5.78. The van der Waals surface area contributed by atoms with E-state index in [0.29, 0.717) is 18.4 Å². The van der Waals surface area contributed by atoms with E-state index in [0.717, 1.165) is 19.5 Å². The zero-order valence-electron chi connectivity index (χ0n) is 11.9. The molecule has 0 saturated carbocycles. The fraction of sp³-hybridized carbons (Fsp3) is 0.562. The minimum atomic E-state index is 0.118. The standard InChI is InChI=1S/C16H24N2O/c1-3-12(2)16(19)18-10-14(9-17)15(11-18)13-7-5-4-6-8-13/h4-8,12,14-15H,3,9-11,17H2,1-2H3/t12?,14-,15+/m1/s1. The van der Waals surface area contributed by atoms with Gasteiger partial charge in [0, 0.05) is 24.9 Å². The monoisotopic (exact) mass is 260 g/mol. The van der Waals surface area contributed by atoms with E-state index in [4.69, 9.17) is 5.73 Å². The average molecular weight is 260 g/mol. The second kappa shape index (κ2) is 6.20. The van der Waals surface area contributed by atoms with E-state index in [1.165, 1.54) is 5.56 Å². The van der Waals surface area contributed by atoms with Crippen molar-refractivity contribution in [3.63, 3.8) is 0 Å². The molecule has 1 aromatic carbocycles. The summed E-state index contributed by atoms with van der Waals surface area (Å²) in [4.78, 5) is 14.3. The molecule has 3 atom stereocenters. The van der Waals surface area contributed by atoms with Crippen molar-refractivity contribution in [3.8, 4) is 0 Å². The molecule has 0 bridgehead atoms. The molecule has 0 aromatic heterocycles. The van der Waals surface area contributed by atoms with Gasteiger partial charge in [-0.1, -0.05) is 44.2 Å². The van der Waals surface area contributed by atoms with Crippen LogP contribution in [0.4, 0.5) is 0 Å². The first-order valence-corrected chi connectivity index (χ1v) is 7.21. The van der Waals surface area contributed by atoms with E-state index < -0.39 is 0 Å². The number of amides is 1. The van der Waals surface area contributed by atoms with Gasteiger partial charge in [0.15, 0.2) is 0 Å².